The molecule has 1 saturated carbocycles. The van der Waals surface area contributed by atoms with Gasteiger partial charge in [0.2, 0.25) is 0 Å². The van der Waals surface area contributed by atoms with Crippen LogP contribution in [0.3, 0.4) is 0 Å². The van der Waals surface area contributed by atoms with Crippen molar-refractivity contribution in [2.75, 3.05) is 13.1 Å². The standard InChI is InChI=1S/C15H18F3N3O3S/c1-2-21(8-12(22)23)10-6-9(7-10)20-13(24)11-4-3-5-19-14(11)25-15(16,17)18/h3-5,9-10H,2,6-8H2,1H3,(H,20,24)(H,22,23). The summed E-state index contributed by atoms with van der Waals surface area (Å²) in [6, 6.07) is 2.56. The van der Waals surface area contributed by atoms with Gasteiger partial charge in [-0.25, -0.2) is 4.98 Å². The van der Waals surface area contributed by atoms with Crippen molar-refractivity contribution in [2.45, 2.75) is 42.4 Å². The summed E-state index contributed by atoms with van der Waals surface area (Å²) < 4.78 is 37.6. The van der Waals surface area contributed by atoms with Crippen LogP contribution < -0.4 is 5.32 Å². The first kappa shape index (κ1) is 19.5. The molecule has 0 unspecified atom stereocenters. The molecule has 1 aliphatic rings. The molecule has 10 heteroatoms. The number of aromatic nitrogens is 1. The Morgan fingerprint density at radius 3 is 2.68 bits per heavy atom. The smallest absolute Gasteiger partial charge is 0.447 e. The van der Waals surface area contributed by atoms with Crippen molar-refractivity contribution in [3.8, 4) is 0 Å². The van der Waals surface area contributed by atoms with Gasteiger partial charge in [-0.15, -0.1) is 0 Å². The predicted octanol–water partition coefficient (Wildman–Crippen LogP) is 2.36. The largest absolute Gasteiger partial charge is 0.480 e. The van der Waals surface area contributed by atoms with Crippen LogP contribution in [0.25, 0.3) is 0 Å². The number of halogens is 3. The number of carboxylic acid groups (broad SMARTS) is 1. The third-order valence-corrected chi connectivity index (χ3v) is 4.69. The summed E-state index contributed by atoms with van der Waals surface area (Å²) in [6.07, 6.45) is 2.33. The van der Waals surface area contributed by atoms with Gasteiger partial charge < -0.3 is 10.4 Å². The highest BCUT2D eigenvalue weighted by Crippen LogP contribution is 2.37. The number of carbonyl (C=O) groups is 2. The van der Waals surface area contributed by atoms with Gasteiger partial charge in [-0.05, 0) is 31.5 Å². The lowest BCUT2D eigenvalue weighted by Gasteiger charge is -2.42. The van der Waals surface area contributed by atoms with Crippen LogP contribution in [0.5, 0.6) is 0 Å². The molecule has 0 aromatic carbocycles. The molecule has 0 spiro atoms. The van der Waals surface area contributed by atoms with E-state index in [2.05, 4.69) is 10.3 Å². The highest BCUT2D eigenvalue weighted by molar-refractivity contribution is 8.00. The Bertz CT molecular complexity index is 636. The quantitative estimate of drug-likeness (QED) is 0.710. The number of amides is 1. The summed E-state index contributed by atoms with van der Waals surface area (Å²) in [5, 5.41) is 11.2. The molecule has 1 fully saturated rings. The Kier molecular flexibility index (Phi) is 6.28. The molecule has 2 rings (SSSR count). The van der Waals surface area contributed by atoms with Crippen LogP contribution in [0, 0.1) is 0 Å². The van der Waals surface area contributed by atoms with E-state index in [1.54, 1.807) is 4.90 Å². The average molecular weight is 377 g/mol. The van der Waals surface area contributed by atoms with Gasteiger partial charge in [0, 0.05) is 30.0 Å². The number of carboxylic acids is 1. The third kappa shape index (κ3) is 5.60. The number of aliphatic carboxylic acids is 1. The van der Waals surface area contributed by atoms with E-state index in [0.29, 0.717) is 19.4 Å². The first-order valence-electron chi connectivity index (χ1n) is 7.67. The second-order valence-electron chi connectivity index (χ2n) is 5.66. The van der Waals surface area contributed by atoms with Gasteiger partial charge in [-0.2, -0.15) is 13.2 Å². The lowest BCUT2D eigenvalue weighted by atomic mass is 9.85. The highest BCUT2D eigenvalue weighted by Gasteiger charge is 2.36. The summed E-state index contributed by atoms with van der Waals surface area (Å²) in [5.41, 5.74) is -4.64. The maximum absolute atomic E-state index is 12.5. The van der Waals surface area contributed by atoms with Gasteiger partial charge in [0.05, 0.1) is 12.1 Å². The molecule has 0 radical (unpaired) electrons. The number of nitrogens with zero attached hydrogens (tertiary/aromatic N) is 2. The van der Waals surface area contributed by atoms with E-state index in [4.69, 9.17) is 5.11 Å². The van der Waals surface area contributed by atoms with Crippen molar-refractivity contribution in [1.29, 1.82) is 0 Å². The Hall–Kier alpha value is -1.81. The van der Waals surface area contributed by atoms with Gasteiger partial charge >= 0.3 is 11.5 Å². The molecule has 0 aliphatic heterocycles. The fourth-order valence-electron chi connectivity index (χ4n) is 2.69. The molecule has 138 valence electrons. The zero-order valence-electron chi connectivity index (χ0n) is 13.4. The Morgan fingerprint density at radius 2 is 2.12 bits per heavy atom. The molecule has 1 amide bonds. The number of hydrogen-bond acceptors (Lipinski definition) is 5. The first-order chi connectivity index (χ1) is 11.7. The molecule has 1 heterocycles. The molecule has 1 aromatic rings. The second kappa shape index (κ2) is 8.05. The molecule has 0 atom stereocenters. The molecule has 0 saturated heterocycles. The van der Waals surface area contributed by atoms with Crippen molar-refractivity contribution < 1.29 is 27.9 Å². The molecule has 2 N–H and O–H groups in total. The van der Waals surface area contributed by atoms with Gasteiger partial charge in [0.1, 0.15) is 5.03 Å². The number of likely N-dealkylation sites (N-methyl/N-ethyl adjacent to an activating group) is 1. The lowest BCUT2D eigenvalue weighted by Crippen LogP contribution is -2.54. The minimum atomic E-state index is -4.52. The predicted molar refractivity (Wildman–Crippen MR) is 85.3 cm³/mol. The lowest BCUT2D eigenvalue weighted by molar-refractivity contribution is -0.139. The number of thioether (sulfide) groups is 1. The fourth-order valence-corrected chi connectivity index (χ4v) is 3.30. The summed E-state index contributed by atoms with van der Waals surface area (Å²) in [6.45, 7) is 2.36. The molecule has 0 bridgehead atoms. The van der Waals surface area contributed by atoms with Crippen molar-refractivity contribution in [2.24, 2.45) is 0 Å². The second-order valence-corrected chi connectivity index (χ2v) is 6.71. The Labute approximate surface area is 146 Å². The molecule has 1 aromatic heterocycles. The number of rotatable bonds is 7. The zero-order valence-corrected chi connectivity index (χ0v) is 14.2. The van der Waals surface area contributed by atoms with E-state index in [9.17, 15) is 22.8 Å². The summed E-state index contributed by atoms with van der Waals surface area (Å²) in [5.74, 6) is -1.52. The summed E-state index contributed by atoms with van der Waals surface area (Å²) in [7, 11) is 0. The molecule has 1 aliphatic carbocycles. The van der Waals surface area contributed by atoms with Crippen molar-refractivity contribution >= 4 is 23.6 Å². The van der Waals surface area contributed by atoms with Gasteiger partial charge in [0.15, 0.2) is 0 Å². The van der Waals surface area contributed by atoms with Crippen LogP contribution in [-0.2, 0) is 4.79 Å². The van der Waals surface area contributed by atoms with Crippen LogP contribution in [0.2, 0.25) is 0 Å². The van der Waals surface area contributed by atoms with Crippen LogP contribution in [-0.4, -0.2) is 57.5 Å². The van der Waals surface area contributed by atoms with E-state index in [1.165, 1.54) is 18.3 Å². The number of carbonyl (C=O) groups excluding carboxylic acids is 1. The van der Waals surface area contributed by atoms with E-state index in [-0.39, 0.29) is 29.2 Å². The first-order valence-corrected chi connectivity index (χ1v) is 8.48. The van der Waals surface area contributed by atoms with Gasteiger partial charge in [-0.1, -0.05) is 6.92 Å². The summed E-state index contributed by atoms with van der Waals surface area (Å²) >= 11 is -0.421. The topological polar surface area (TPSA) is 82.5 Å². The van der Waals surface area contributed by atoms with Crippen molar-refractivity contribution in [1.82, 2.24) is 15.2 Å². The number of pyridine rings is 1. The SMILES string of the molecule is CCN(CC(=O)O)C1CC(NC(=O)c2cccnc2SC(F)(F)F)C1. The molecule has 6 nitrogen and oxygen atoms in total. The van der Waals surface area contributed by atoms with Crippen molar-refractivity contribution in [3.05, 3.63) is 23.9 Å². The maximum atomic E-state index is 12.5. The monoisotopic (exact) mass is 377 g/mol. The van der Waals surface area contributed by atoms with Crippen LogP contribution in [0.15, 0.2) is 23.4 Å². The van der Waals surface area contributed by atoms with E-state index >= 15 is 0 Å². The molecule has 25 heavy (non-hydrogen) atoms. The summed E-state index contributed by atoms with van der Waals surface area (Å²) in [4.78, 5) is 28.5. The Balaban J connectivity index is 1.93. The minimum Gasteiger partial charge on any atom is -0.480 e. The minimum absolute atomic E-state index is 0.0457. The molecular weight excluding hydrogens is 359 g/mol. The number of hydrogen-bond donors (Lipinski definition) is 2. The van der Waals surface area contributed by atoms with Gasteiger partial charge in [0.25, 0.3) is 5.91 Å². The van der Waals surface area contributed by atoms with Gasteiger partial charge in [-0.3, -0.25) is 14.5 Å². The normalized spacial score (nSPS) is 20.2. The highest BCUT2D eigenvalue weighted by atomic mass is 32.2. The van der Waals surface area contributed by atoms with Crippen LogP contribution >= 0.6 is 11.8 Å². The third-order valence-electron chi connectivity index (χ3n) is 3.94. The maximum Gasteiger partial charge on any atom is 0.447 e. The zero-order chi connectivity index (χ0) is 18.6. The van der Waals surface area contributed by atoms with E-state index in [0.717, 1.165) is 0 Å². The van der Waals surface area contributed by atoms with E-state index in [1.807, 2.05) is 6.92 Å². The van der Waals surface area contributed by atoms with Crippen molar-refractivity contribution in [3.63, 3.8) is 0 Å². The van der Waals surface area contributed by atoms with Crippen LogP contribution in [0.4, 0.5) is 13.2 Å². The Morgan fingerprint density at radius 1 is 1.44 bits per heavy atom. The molecular formula is C15H18F3N3O3S. The average Bonchev–Trinajstić information content (AvgIpc) is 2.47. The number of nitrogens with one attached hydrogen (secondary N) is 1. The fraction of sp³-hybridized carbons (Fsp3) is 0.533. The van der Waals surface area contributed by atoms with Crippen LogP contribution in [0.1, 0.15) is 30.1 Å². The number of alkyl halides is 3. The van der Waals surface area contributed by atoms with E-state index < -0.39 is 29.1 Å².